The van der Waals surface area contributed by atoms with Gasteiger partial charge in [-0.1, -0.05) is 19.8 Å². The summed E-state index contributed by atoms with van der Waals surface area (Å²) in [6, 6.07) is -0.455. The van der Waals surface area contributed by atoms with Gasteiger partial charge in [0, 0.05) is 19.6 Å². The number of amides is 5. The highest BCUT2D eigenvalue weighted by Crippen LogP contribution is 2.30. The maximum atomic E-state index is 12.1. The summed E-state index contributed by atoms with van der Waals surface area (Å²) < 4.78 is 0. The molecule has 7 heteroatoms. The van der Waals surface area contributed by atoms with Gasteiger partial charge in [0.25, 0.3) is 5.91 Å². The lowest BCUT2D eigenvalue weighted by Crippen LogP contribution is -2.55. The largest absolute Gasteiger partial charge is 0.338 e. The molecule has 0 aromatic heterocycles. The Labute approximate surface area is 131 Å². The van der Waals surface area contributed by atoms with E-state index in [-0.39, 0.29) is 17.9 Å². The Kier molecular flexibility index (Phi) is 5.26. The molecular formula is C15H26N4O3. The average Bonchev–Trinajstić information content (AvgIpc) is 2.77. The van der Waals surface area contributed by atoms with Crippen molar-refractivity contribution < 1.29 is 14.4 Å². The number of unbranched alkanes of at least 4 members (excludes halogenated alkanes) is 2. The number of carbonyl (C=O) groups excluding carboxylic acids is 3. The molecule has 0 bridgehead atoms. The minimum atomic E-state index is -0.846. The SMILES string of the molecule is CCCCCNC(=O)N1CCC([C@@]2(C)NC(=O)NC2=O)CC1. The van der Waals surface area contributed by atoms with E-state index in [4.69, 9.17) is 0 Å². The first-order chi connectivity index (χ1) is 10.5. The summed E-state index contributed by atoms with van der Waals surface area (Å²) in [6.07, 6.45) is 4.69. The van der Waals surface area contributed by atoms with Crippen LogP contribution >= 0.6 is 0 Å². The lowest BCUT2D eigenvalue weighted by molar-refractivity contribution is -0.125. The van der Waals surface area contributed by atoms with Crippen molar-refractivity contribution in [3.05, 3.63) is 0 Å². The van der Waals surface area contributed by atoms with Crippen molar-refractivity contribution in [2.24, 2.45) is 5.92 Å². The molecule has 5 amide bonds. The Morgan fingerprint density at radius 2 is 2.00 bits per heavy atom. The number of piperidine rings is 1. The van der Waals surface area contributed by atoms with E-state index in [0.717, 1.165) is 19.3 Å². The van der Waals surface area contributed by atoms with Gasteiger partial charge >= 0.3 is 12.1 Å². The molecule has 2 fully saturated rings. The van der Waals surface area contributed by atoms with Crippen molar-refractivity contribution in [3.8, 4) is 0 Å². The number of nitrogens with one attached hydrogen (secondary N) is 3. The molecule has 7 nitrogen and oxygen atoms in total. The highest BCUT2D eigenvalue weighted by Gasteiger charge is 2.48. The zero-order valence-corrected chi connectivity index (χ0v) is 13.4. The fourth-order valence-corrected chi connectivity index (χ4v) is 3.19. The molecule has 0 aliphatic carbocycles. The van der Waals surface area contributed by atoms with Crippen molar-refractivity contribution in [2.45, 2.75) is 51.5 Å². The molecule has 0 aromatic carbocycles. The predicted octanol–water partition coefficient (Wildman–Crippen LogP) is 1.20. The van der Waals surface area contributed by atoms with Crippen molar-refractivity contribution in [1.29, 1.82) is 0 Å². The molecule has 2 aliphatic heterocycles. The average molecular weight is 310 g/mol. The summed E-state index contributed by atoms with van der Waals surface area (Å²) >= 11 is 0. The van der Waals surface area contributed by atoms with Crippen LogP contribution in [0.15, 0.2) is 0 Å². The second kappa shape index (κ2) is 6.98. The quantitative estimate of drug-likeness (QED) is 0.526. The highest BCUT2D eigenvalue weighted by atomic mass is 16.2. The van der Waals surface area contributed by atoms with Crippen LogP contribution in [0.5, 0.6) is 0 Å². The molecule has 0 radical (unpaired) electrons. The van der Waals surface area contributed by atoms with Crippen LogP contribution in [0.3, 0.4) is 0 Å². The van der Waals surface area contributed by atoms with Crippen LogP contribution < -0.4 is 16.0 Å². The van der Waals surface area contributed by atoms with Gasteiger partial charge < -0.3 is 15.5 Å². The van der Waals surface area contributed by atoms with E-state index in [0.29, 0.717) is 32.5 Å². The molecule has 0 aromatic rings. The molecule has 3 N–H and O–H groups in total. The number of likely N-dealkylation sites (tertiary alicyclic amines) is 1. The third-order valence-electron chi connectivity index (χ3n) is 4.73. The van der Waals surface area contributed by atoms with Crippen molar-refractivity contribution in [3.63, 3.8) is 0 Å². The van der Waals surface area contributed by atoms with E-state index in [9.17, 15) is 14.4 Å². The first kappa shape index (κ1) is 16.6. The number of rotatable bonds is 5. The van der Waals surface area contributed by atoms with E-state index in [1.54, 1.807) is 11.8 Å². The van der Waals surface area contributed by atoms with Gasteiger partial charge in [0.2, 0.25) is 0 Å². The number of urea groups is 2. The fraction of sp³-hybridized carbons (Fsp3) is 0.800. The summed E-state index contributed by atoms with van der Waals surface area (Å²) in [7, 11) is 0. The van der Waals surface area contributed by atoms with Gasteiger partial charge in [0.1, 0.15) is 5.54 Å². The number of carbonyl (C=O) groups is 3. The van der Waals surface area contributed by atoms with Crippen LogP contribution in [0, 0.1) is 5.92 Å². The van der Waals surface area contributed by atoms with Crippen molar-refractivity contribution >= 4 is 18.0 Å². The van der Waals surface area contributed by atoms with E-state index in [2.05, 4.69) is 22.9 Å². The number of hydrogen-bond donors (Lipinski definition) is 3. The molecule has 0 unspecified atom stereocenters. The van der Waals surface area contributed by atoms with Crippen LogP contribution in [-0.4, -0.2) is 48.0 Å². The normalized spacial score (nSPS) is 25.8. The Balaban J connectivity index is 1.79. The van der Waals surface area contributed by atoms with Gasteiger partial charge in [-0.15, -0.1) is 0 Å². The zero-order valence-electron chi connectivity index (χ0n) is 13.4. The monoisotopic (exact) mass is 310 g/mol. The highest BCUT2D eigenvalue weighted by molar-refractivity contribution is 6.06. The lowest BCUT2D eigenvalue weighted by Gasteiger charge is -2.38. The molecule has 0 saturated carbocycles. The van der Waals surface area contributed by atoms with E-state index >= 15 is 0 Å². The predicted molar refractivity (Wildman–Crippen MR) is 82.3 cm³/mol. The van der Waals surface area contributed by atoms with Gasteiger partial charge in [0.15, 0.2) is 0 Å². The maximum absolute atomic E-state index is 12.1. The summed E-state index contributed by atoms with van der Waals surface area (Å²) in [5, 5.41) is 7.95. The van der Waals surface area contributed by atoms with Crippen LogP contribution in [0.25, 0.3) is 0 Å². The molecule has 2 saturated heterocycles. The van der Waals surface area contributed by atoms with Gasteiger partial charge in [0.05, 0.1) is 0 Å². The summed E-state index contributed by atoms with van der Waals surface area (Å²) in [5.41, 5.74) is -0.846. The Morgan fingerprint density at radius 3 is 2.55 bits per heavy atom. The number of hydrogen-bond acceptors (Lipinski definition) is 3. The maximum Gasteiger partial charge on any atom is 0.322 e. The molecular weight excluding hydrogens is 284 g/mol. The van der Waals surface area contributed by atoms with Gasteiger partial charge in [-0.05, 0) is 32.1 Å². The minimum absolute atomic E-state index is 0.0281. The smallest absolute Gasteiger partial charge is 0.322 e. The van der Waals surface area contributed by atoms with Crippen LogP contribution in [0.4, 0.5) is 9.59 Å². The molecule has 1 atom stereocenters. The van der Waals surface area contributed by atoms with Gasteiger partial charge in [-0.25, -0.2) is 9.59 Å². The van der Waals surface area contributed by atoms with Crippen LogP contribution in [0.1, 0.15) is 46.0 Å². The number of nitrogens with zero attached hydrogens (tertiary/aromatic N) is 1. The van der Waals surface area contributed by atoms with E-state index in [1.807, 2.05) is 0 Å². The first-order valence-corrected chi connectivity index (χ1v) is 8.13. The summed E-state index contributed by atoms with van der Waals surface area (Å²) in [6.45, 7) is 5.83. The molecule has 22 heavy (non-hydrogen) atoms. The summed E-state index contributed by atoms with van der Waals surface area (Å²) in [5.74, 6) is -0.206. The Bertz CT molecular complexity index is 446. The molecule has 2 aliphatic rings. The second-order valence-electron chi connectivity index (χ2n) is 6.31. The Hall–Kier alpha value is -1.79. The number of imide groups is 1. The van der Waals surface area contributed by atoms with E-state index in [1.165, 1.54) is 0 Å². The molecule has 0 spiro atoms. The summed E-state index contributed by atoms with van der Waals surface area (Å²) in [4.78, 5) is 37.1. The fourth-order valence-electron chi connectivity index (χ4n) is 3.19. The van der Waals surface area contributed by atoms with Crippen LogP contribution in [0.2, 0.25) is 0 Å². The zero-order chi connectivity index (χ0) is 16.2. The third kappa shape index (κ3) is 3.51. The van der Waals surface area contributed by atoms with Gasteiger partial charge in [-0.3, -0.25) is 10.1 Å². The second-order valence-corrected chi connectivity index (χ2v) is 6.31. The minimum Gasteiger partial charge on any atom is -0.338 e. The first-order valence-electron chi connectivity index (χ1n) is 8.13. The Morgan fingerprint density at radius 1 is 1.32 bits per heavy atom. The molecule has 2 rings (SSSR count). The van der Waals surface area contributed by atoms with Crippen molar-refractivity contribution in [2.75, 3.05) is 19.6 Å². The van der Waals surface area contributed by atoms with E-state index < -0.39 is 11.6 Å². The standard InChI is InChI=1S/C15H26N4O3/c1-3-4-5-8-16-14(22)19-9-6-11(7-10-19)15(2)12(20)17-13(21)18-15/h11H,3-10H2,1-2H3,(H,16,22)(H2,17,18,20,21)/t15-/m1/s1. The topological polar surface area (TPSA) is 90.5 Å². The van der Waals surface area contributed by atoms with Crippen LogP contribution in [-0.2, 0) is 4.79 Å². The van der Waals surface area contributed by atoms with Crippen molar-refractivity contribution in [1.82, 2.24) is 20.9 Å². The lowest BCUT2D eigenvalue weighted by atomic mass is 9.79. The van der Waals surface area contributed by atoms with Gasteiger partial charge in [-0.2, -0.15) is 0 Å². The molecule has 2 heterocycles. The third-order valence-corrected chi connectivity index (χ3v) is 4.73. The molecule has 124 valence electrons.